The fourth-order valence-corrected chi connectivity index (χ4v) is 6.37. The molecule has 1 atom stereocenters. The summed E-state index contributed by atoms with van der Waals surface area (Å²) in [5, 5.41) is 1.98. The molecule has 2 fully saturated rings. The van der Waals surface area contributed by atoms with Gasteiger partial charge in [-0.3, -0.25) is 4.79 Å². The van der Waals surface area contributed by atoms with Crippen molar-refractivity contribution in [2.45, 2.75) is 87.3 Å². The summed E-state index contributed by atoms with van der Waals surface area (Å²) in [5.74, 6) is -2.90. The molecule has 6 nitrogen and oxygen atoms in total. The largest absolute Gasteiger partial charge is 0.494 e. The molecule has 0 spiro atoms. The van der Waals surface area contributed by atoms with Crippen LogP contribution in [0.1, 0.15) is 63.9 Å². The van der Waals surface area contributed by atoms with Crippen molar-refractivity contribution in [3.8, 4) is 11.5 Å². The van der Waals surface area contributed by atoms with E-state index in [9.17, 15) is 4.79 Å². The lowest BCUT2D eigenvalue weighted by Gasteiger charge is -2.35. The molecule has 0 radical (unpaired) electrons. The highest BCUT2D eigenvalue weighted by atomic mass is 32.2. The summed E-state index contributed by atoms with van der Waals surface area (Å²) in [5.41, 5.74) is 5.76. The zero-order chi connectivity index (χ0) is 29.5. The average molecular weight is 598 g/mol. The Morgan fingerprint density at radius 2 is 1.76 bits per heavy atom. The molecule has 9 heteroatoms. The van der Waals surface area contributed by atoms with Crippen LogP contribution in [0.25, 0.3) is 10.8 Å². The smallest absolute Gasteiger partial charge is 0.298 e. The molecule has 42 heavy (non-hydrogen) atoms. The number of hydrogen-bond donors (Lipinski definition) is 2. The molecule has 1 aliphatic carbocycles. The second-order valence-electron chi connectivity index (χ2n) is 11.4. The number of likely N-dealkylation sites (tertiary alicyclic amines) is 1. The molecule has 1 unspecified atom stereocenters. The number of nitrogens with one attached hydrogen (secondary N) is 1. The fourth-order valence-electron chi connectivity index (χ4n) is 5.54. The van der Waals surface area contributed by atoms with Gasteiger partial charge in [-0.25, -0.2) is 4.72 Å². The van der Waals surface area contributed by atoms with Crippen molar-refractivity contribution in [3.63, 3.8) is 0 Å². The number of fused-ring (bicyclic) bond motifs is 1. The maximum Gasteiger partial charge on any atom is 0.298 e. The van der Waals surface area contributed by atoms with Crippen LogP contribution in [0.15, 0.2) is 65.6 Å². The summed E-state index contributed by atoms with van der Waals surface area (Å²) >= 11 is 1.04. The van der Waals surface area contributed by atoms with Crippen LogP contribution in [0.5, 0.6) is 11.5 Å². The van der Waals surface area contributed by atoms with Gasteiger partial charge in [0.05, 0.1) is 12.7 Å². The third kappa shape index (κ3) is 7.54. The van der Waals surface area contributed by atoms with Gasteiger partial charge in [-0.2, -0.15) is 8.78 Å². The topological polar surface area (TPSA) is 76.8 Å². The molecule has 3 aromatic rings. The lowest BCUT2D eigenvalue weighted by Crippen LogP contribution is -2.55. The van der Waals surface area contributed by atoms with Crippen LogP contribution in [0.3, 0.4) is 0 Å². The number of benzene rings is 3. The average Bonchev–Trinajstić information content (AvgIpc) is 3.51. The molecule has 0 aromatic heterocycles. The van der Waals surface area contributed by atoms with E-state index in [0.29, 0.717) is 38.3 Å². The van der Waals surface area contributed by atoms with E-state index in [1.807, 2.05) is 43.3 Å². The zero-order valence-electron chi connectivity index (χ0n) is 24.2. The van der Waals surface area contributed by atoms with Gasteiger partial charge in [0.25, 0.3) is 5.92 Å². The van der Waals surface area contributed by atoms with Crippen molar-refractivity contribution in [2.24, 2.45) is 5.73 Å². The summed E-state index contributed by atoms with van der Waals surface area (Å²) in [6.07, 6.45) is 7.82. The van der Waals surface area contributed by atoms with Gasteiger partial charge >= 0.3 is 0 Å². The van der Waals surface area contributed by atoms with E-state index in [0.717, 1.165) is 59.0 Å². The predicted molar refractivity (Wildman–Crippen MR) is 164 cm³/mol. The van der Waals surface area contributed by atoms with E-state index >= 15 is 8.78 Å². The monoisotopic (exact) mass is 597 g/mol. The minimum absolute atomic E-state index is 0.0195. The van der Waals surface area contributed by atoms with Gasteiger partial charge in [-0.05, 0) is 104 Å². The SMILES string of the molecule is CCCCOc1cccc(C(F)(F)C(NSc2ccc3cc(OC4CCCC4)ccc3c2)C(=O)N2CCC(N)CC2)c1. The number of halogens is 2. The number of alkyl halides is 2. The van der Waals surface area contributed by atoms with Crippen molar-refractivity contribution in [1.82, 2.24) is 9.62 Å². The normalized spacial score (nSPS) is 17.5. The van der Waals surface area contributed by atoms with Gasteiger partial charge in [0, 0.05) is 29.6 Å². The molecule has 5 rings (SSSR count). The molecule has 2 aliphatic rings. The van der Waals surface area contributed by atoms with Gasteiger partial charge in [-0.15, -0.1) is 0 Å². The molecule has 3 aromatic carbocycles. The van der Waals surface area contributed by atoms with Crippen molar-refractivity contribution < 1.29 is 23.0 Å². The lowest BCUT2D eigenvalue weighted by atomic mass is 9.98. The Labute approximate surface area is 251 Å². The number of carbonyl (C=O) groups excluding carboxylic acids is 1. The highest BCUT2D eigenvalue weighted by Gasteiger charge is 2.48. The Balaban J connectivity index is 1.34. The second-order valence-corrected chi connectivity index (χ2v) is 12.3. The minimum atomic E-state index is -3.49. The van der Waals surface area contributed by atoms with E-state index in [1.165, 1.54) is 29.9 Å². The number of amides is 1. The number of hydrogen-bond acceptors (Lipinski definition) is 6. The van der Waals surface area contributed by atoms with E-state index in [-0.39, 0.29) is 17.7 Å². The number of carbonyl (C=O) groups is 1. The molecule has 1 heterocycles. The maximum atomic E-state index is 16.2. The summed E-state index contributed by atoms with van der Waals surface area (Å²) in [4.78, 5) is 15.9. The highest BCUT2D eigenvalue weighted by Crippen LogP contribution is 2.37. The van der Waals surface area contributed by atoms with Crippen LogP contribution >= 0.6 is 11.9 Å². The molecule has 1 saturated carbocycles. The number of nitrogens with zero attached hydrogens (tertiary/aromatic N) is 1. The van der Waals surface area contributed by atoms with E-state index in [2.05, 4.69) is 4.72 Å². The van der Waals surface area contributed by atoms with Crippen molar-refractivity contribution >= 4 is 28.6 Å². The van der Waals surface area contributed by atoms with Crippen LogP contribution in [0.4, 0.5) is 8.78 Å². The predicted octanol–water partition coefficient (Wildman–Crippen LogP) is 7.05. The molecule has 3 N–H and O–H groups in total. The Hall–Kier alpha value is -2.88. The lowest BCUT2D eigenvalue weighted by molar-refractivity contribution is -0.145. The first-order valence-electron chi connectivity index (χ1n) is 15.1. The van der Waals surface area contributed by atoms with Gasteiger partial charge in [0.15, 0.2) is 6.04 Å². The molecule has 1 saturated heterocycles. The number of unbranched alkanes of at least 4 members (excludes halogenated alkanes) is 1. The van der Waals surface area contributed by atoms with Crippen LogP contribution < -0.4 is 19.9 Å². The minimum Gasteiger partial charge on any atom is -0.494 e. The van der Waals surface area contributed by atoms with E-state index in [4.69, 9.17) is 15.2 Å². The fraction of sp³-hybridized carbons (Fsp3) is 0.485. The molecular weight excluding hydrogens is 556 g/mol. The Bertz CT molecular complexity index is 1340. The third-order valence-electron chi connectivity index (χ3n) is 8.13. The highest BCUT2D eigenvalue weighted by molar-refractivity contribution is 7.97. The summed E-state index contributed by atoms with van der Waals surface area (Å²) in [6, 6.07) is 15.9. The first-order chi connectivity index (χ1) is 20.3. The third-order valence-corrected chi connectivity index (χ3v) is 8.97. The van der Waals surface area contributed by atoms with E-state index in [1.54, 1.807) is 12.1 Å². The van der Waals surface area contributed by atoms with Crippen LogP contribution in [-0.2, 0) is 10.7 Å². The Morgan fingerprint density at radius 3 is 2.52 bits per heavy atom. The first kappa shape index (κ1) is 30.6. The molecular formula is C33H41F2N3O3S. The number of ether oxygens (including phenoxy) is 2. The summed E-state index contributed by atoms with van der Waals surface area (Å²) < 4.78 is 47.1. The zero-order valence-corrected chi connectivity index (χ0v) is 25.0. The molecule has 1 aliphatic heterocycles. The summed E-state index contributed by atoms with van der Waals surface area (Å²) in [6.45, 7) is 3.21. The summed E-state index contributed by atoms with van der Waals surface area (Å²) in [7, 11) is 0. The quantitative estimate of drug-likeness (QED) is 0.172. The van der Waals surface area contributed by atoms with Crippen LogP contribution in [0, 0.1) is 0 Å². The first-order valence-corrected chi connectivity index (χ1v) is 15.9. The number of piperidine rings is 1. The van der Waals surface area contributed by atoms with Crippen LogP contribution in [-0.4, -0.2) is 48.7 Å². The second kappa shape index (κ2) is 14.1. The van der Waals surface area contributed by atoms with Gasteiger partial charge in [0.2, 0.25) is 5.91 Å². The maximum absolute atomic E-state index is 16.2. The van der Waals surface area contributed by atoms with Crippen molar-refractivity contribution in [3.05, 3.63) is 66.2 Å². The van der Waals surface area contributed by atoms with Gasteiger partial charge < -0.3 is 20.1 Å². The number of rotatable bonds is 12. The molecule has 226 valence electrons. The van der Waals surface area contributed by atoms with Crippen molar-refractivity contribution in [2.75, 3.05) is 19.7 Å². The van der Waals surface area contributed by atoms with Gasteiger partial charge in [-0.1, -0.05) is 37.6 Å². The molecule has 1 amide bonds. The molecule has 0 bridgehead atoms. The van der Waals surface area contributed by atoms with Gasteiger partial charge in [0.1, 0.15) is 11.5 Å². The Morgan fingerprint density at radius 1 is 1.02 bits per heavy atom. The Kier molecular flexibility index (Phi) is 10.2. The number of nitrogens with two attached hydrogens (primary N) is 1. The van der Waals surface area contributed by atoms with Crippen LogP contribution in [0.2, 0.25) is 0 Å². The van der Waals surface area contributed by atoms with E-state index < -0.39 is 17.9 Å². The standard InChI is InChI=1S/C33H41F2N3O3S/c1-2-3-19-40-28-10-6-7-25(22-28)33(34,35)31(32(39)38-17-15-26(36)16-18-38)37-42-30-14-12-23-20-29(13-11-24(23)21-30)41-27-8-4-5-9-27/h6-7,10-14,20-22,26-27,31,37H,2-5,8-9,15-19,36H2,1H3. The van der Waals surface area contributed by atoms with Crippen molar-refractivity contribution in [1.29, 1.82) is 0 Å².